The van der Waals surface area contributed by atoms with E-state index in [1.54, 1.807) is 7.11 Å². The lowest BCUT2D eigenvalue weighted by Gasteiger charge is -2.23. The Balaban J connectivity index is 1.54. The van der Waals surface area contributed by atoms with Crippen LogP contribution in [0.25, 0.3) is 5.69 Å². The average Bonchev–Trinajstić information content (AvgIpc) is 3.42. The molecular formula is C20H22N4O2S. The summed E-state index contributed by atoms with van der Waals surface area (Å²) < 4.78 is 7.35. The number of likely N-dealkylation sites (tertiary alicyclic amines) is 1. The maximum absolute atomic E-state index is 11.4. The van der Waals surface area contributed by atoms with Crippen LogP contribution in [0.5, 0.6) is 5.75 Å². The highest BCUT2D eigenvalue weighted by Crippen LogP contribution is 2.36. The number of primary amides is 1. The topological polar surface area (TPSA) is 73.4 Å². The Kier molecular flexibility index (Phi) is 4.96. The van der Waals surface area contributed by atoms with E-state index < -0.39 is 0 Å². The number of benzene rings is 1. The van der Waals surface area contributed by atoms with Crippen molar-refractivity contribution in [3.8, 4) is 11.4 Å². The zero-order chi connectivity index (χ0) is 18.8. The second kappa shape index (κ2) is 7.54. The molecule has 4 rings (SSSR count). The third-order valence-corrected chi connectivity index (χ3v) is 6.18. The number of hydrogen-bond donors (Lipinski definition) is 1. The van der Waals surface area contributed by atoms with Gasteiger partial charge in [0.2, 0.25) is 0 Å². The van der Waals surface area contributed by atoms with E-state index in [4.69, 9.17) is 10.5 Å². The van der Waals surface area contributed by atoms with E-state index in [1.807, 2.05) is 48.8 Å². The maximum Gasteiger partial charge on any atom is 0.258 e. The zero-order valence-electron chi connectivity index (χ0n) is 15.2. The summed E-state index contributed by atoms with van der Waals surface area (Å²) in [5.74, 6) is 1.48. The van der Waals surface area contributed by atoms with Crippen molar-refractivity contribution in [2.24, 2.45) is 5.73 Å². The molecule has 1 aromatic carbocycles. The predicted octanol–water partition coefficient (Wildman–Crippen LogP) is 3.38. The van der Waals surface area contributed by atoms with E-state index >= 15 is 0 Å². The molecule has 1 atom stereocenters. The van der Waals surface area contributed by atoms with E-state index in [2.05, 4.69) is 14.5 Å². The maximum atomic E-state index is 11.4. The largest absolute Gasteiger partial charge is 0.497 e. The molecular weight excluding hydrogens is 360 g/mol. The van der Waals surface area contributed by atoms with E-state index in [9.17, 15) is 4.79 Å². The van der Waals surface area contributed by atoms with Crippen LogP contribution in [0.3, 0.4) is 0 Å². The summed E-state index contributed by atoms with van der Waals surface area (Å²) in [5, 5.41) is 0. The van der Waals surface area contributed by atoms with Gasteiger partial charge in [0.15, 0.2) is 0 Å². The molecule has 3 heterocycles. The minimum atomic E-state index is -0.356. The Hall–Kier alpha value is -2.64. The first kappa shape index (κ1) is 17.8. The molecule has 1 aliphatic heterocycles. The van der Waals surface area contributed by atoms with Gasteiger partial charge in [-0.25, -0.2) is 4.98 Å². The van der Waals surface area contributed by atoms with E-state index in [0.717, 1.165) is 43.2 Å². The molecule has 0 spiro atoms. The lowest BCUT2D eigenvalue weighted by molar-refractivity contribution is 0.100. The Morgan fingerprint density at radius 3 is 2.81 bits per heavy atom. The SMILES string of the molecule is COc1ccc(-n2ccnc2CN2CCC[C@H]2c2ccc(C(N)=O)s2)cc1. The average molecular weight is 382 g/mol. The van der Waals surface area contributed by atoms with Crippen LogP contribution in [0.4, 0.5) is 0 Å². The quantitative estimate of drug-likeness (QED) is 0.709. The number of nitrogens with zero attached hydrogens (tertiary/aromatic N) is 3. The van der Waals surface area contributed by atoms with Crippen molar-refractivity contribution in [3.63, 3.8) is 0 Å². The van der Waals surface area contributed by atoms with E-state index in [1.165, 1.54) is 16.2 Å². The van der Waals surface area contributed by atoms with Gasteiger partial charge in [-0.05, 0) is 55.8 Å². The van der Waals surface area contributed by atoms with Crippen LogP contribution in [-0.2, 0) is 6.54 Å². The Labute approximate surface area is 162 Å². The molecule has 140 valence electrons. The molecule has 2 aromatic heterocycles. The standard InChI is InChI=1S/C20H22N4O2S/c1-26-15-6-4-14(5-7-15)24-12-10-22-19(24)13-23-11-2-3-16(23)17-8-9-18(27-17)20(21)25/h4-10,12,16H,2-3,11,13H2,1H3,(H2,21,25)/t16-/m0/s1. The fraction of sp³-hybridized carbons (Fsp3) is 0.300. The van der Waals surface area contributed by atoms with Gasteiger partial charge in [-0.2, -0.15) is 0 Å². The van der Waals surface area contributed by atoms with Crippen LogP contribution in [0.2, 0.25) is 0 Å². The van der Waals surface area contributed by atoms with Gasteiger partial charge in [-0.1, -0.05) is 0 Å². The van der Waals surface area contributed by atoms with Gasteiger partial charge in [-0.15, -0.1) is 11.3 Å². The predicted molar refractivity (Wildman–Crippen MR) is 105 cm³/mol. The molecule has 0 unspecified atom stereocenters. The number of hydrogen-bond acceptors (Lipinski definition) is 5. The third kappa shape index (κ3) is 3.61. The van der Waals surface area contributed by atoms with Crippen LogP contribution < -0.4 is 10.5 Å². The highest BCUT2D eigenvalue weighted by atomic mass is 32.1. The van der Waals surface area contributed by atoms with Crippen molar-refractivity contribution in [2.75, 3.05) is 13.7 Å². The summed E-state index contributed by atoms with van der Waals surface area (Å²) in [5.41, 5.74) is 6.47. The van der Waals surface area contributed by atoms with Crippen molar-refractivity contribution in [3.05, 3.63) is 64.4 Å². The molecule has 1 saturated heterocycles. The summed E-state index contributed by atoms with van der Waals surface area (Å²) in [6.07, 6.45) is 6.04. The van der Waals surface area contributed by atoms with Crippen LogP contribution in [0.15, 0.2) is 48.8 Å². The Morgan fingerprint density at radius 2 is 2.11 bits per heavy atom. The van der Waals surface area contributed by atoms with Crippen molar-refractivity contribution >= 4 is 17.2 Å². The number of nitrogens with two attached hydrogens (primary N) is 1. The van der Waals surface area contributed by atoms with Crippen LogP contribution in [0, 0.1) is 0 Å². The van der Waals surface area contributed by atoms with Gasteiger partial charge < -0.3 is 15.0 Å². The van der Waals surface area contributed by atoms with E-state index in [-0.39, 0.29) is 5.91 Å². The summed E-state index contributed by atoms with van der Waals surface area (Å²) in [7, 11) is 1.67. The van der Waals surface area contributed by atoms with Crippen molar-refractivity contribution in [2.45, 2.75) is 25.4 Å². The minimum absolute atomic E-state index is 0.309. The fourth-order valence-electron chi connectivity index (χ4n) is 3.61. The van der Waals surface area contributed by atoms with Crippen LogP contribution in [-0.4, -0.2) is 34.0 Å². The second-order valence-corrected chi connectivity index (χ2v) is 7.72. The van der Waals surface area contributed by atoms with Crippen molar-refractivity contribution < 1.29 is 9.53 Å². The molecule has 1 fully saturated rings. The lowest BCUT2D eigenvalue weighted by atomic mass is 10.2. The Bertz CT molecular complexity index is 932. The number of amides is 1. The molecule has 2 N–H and O–H groups in total. The molecule has 3 aromatic rings. The number of thiophene rings is 1. The first-order chi connectivity index (χ1) is 13.2. The first-order valence-corrected chi connectivity index (χ1v) is 9.77. The van der Waals surface area contributed by atoms with Crippen LogP contribution in [0.1, 0.15) is 39.3 Å². The van der Waals surface area contributed by atoms with Crippen molar-refractivity contribution in [1.82, 2.24) is 14.5 Å². The summed E-state index contributed by atoms with van der Waals surface area (Å²) in [6, 6.07) is 12.1. The van der Waals surface area contributed by atoms with Crippen molar-refractivity contribution in [1.29, 1.82) is 0 Å². The second-order valence-electron chi connectivity index (χ2n) is 6.61. The monoisotopic (exact) mass is 382 g/mol. The number of methoxy groups -OCH3 is 1. The molecule has 0 bridgehead atoms. The van der Waals surface area contributed by atoms with Gasteiger partial charge >= 0.3 is 0 Å². The molecule has 1 amide bonds. The normalized spacial score (nSPS) is 17.3. The number of ether oxygens (including phenoxy) is 1. The molecule has 0 saturated carbocycles. The lowest BCUT2D eigenvalue weighted by Crippen LogP contribution is -2.24. The van der Waals surface area contributed by atoms with Gasteiger partial charge in [0.25, 0.3) is 5.91 Å². The molecule has 0 radical (unpaired) electrons. The zero-order valence-corrected chi connectivity index (χ0v) is 16.0. The summed E-state index contributed by atoms with van der Waals surface area (Å²) in [6.45, 7) is 1.78. The highest BCUT2D eigenvalue weighted by Gasteiger charge is 2.28. The number of rotatable bonds is 6. The fourth-order valence-corrected chi connectivity index (χ4v) is 4.64. The van der Waals surface area contributed by atoms with Gasteiger partial charge in [0, 0.05) is 29.0 Å². The highest BCUT2D eigenvalue weighted by molar-refractivity contribution is 7.14. The smallest absolute Gasteiger partial charge is 0.258 e. The number of carbonyl (C=O) groups excluding carboxylic acids is 1. The molecule has 1 aliphatic rings. The summed E-state index contributed by atoms with van der Waals surface area (Å²) >= 11 is 1.50. The molecule has 7 heteroatoms. The summed E-state index contributed by atoms with van der Waals surface area (Å²) in [4.78, 5) is 20.2. The molecule has 27 heavy (non-hydrogen) atoms. The number of aromatic nitrogens is 2. The van der Waals surface area contributed by atoms with Crippen LogP contribution >= 0.6 is 11.3 Å². The minimum Gasteiger partial charge on any atom is -0.497 e. The van der Waals surface area contributed by atoms with Gasteiger partial charge in [-0.3, -0.25) is 9.69 Å². The number of imidazole rings is 1. The molecule has 6 nitrogen and oxygen atoms in total. The van der Waals surface area contributed by atoms with Gasteiger partial charge in [0.1, 0.15) is 11.6 Å². The Morgan fingerprint density at radius 1 is 1.30 bits per heavy atom. The molecule has 0 aliphatic carbocycles. The third-order valence-electron chi connectivity index (χ3n) is 4.97. The first-order valence-electron chi connectivity index (χ1n) is 8.96. The number of carbonyl (C=O) groups is 1. The van der Waals surface area contributed by atoms with E-state index in [0.29, 0.717) is 10.9 Å². The van der Waals surface area contributed by atoms with Gasteiger partial charge in [0.05, 0.1) is 18.5 Å².